The molecule has 132 valence electrons. The molecule has 5 nitrogen and oxygen atoms in total. The Bertz CT molecular complexity index is 864. The number of fused-ring (bicyclic) bond motifs is 3. The molecule has 3 N–H and O–H groups in total. The second kappa shape index (κ2) is 6.30. The number of carbonyl (C=O) groups excluding carboxylic acids is 1. The van der Waals surface area contributed by atoms with Crippen LogP contribution in [0.4, 0.5) is 5.00 Å². The van der Waals surface area contributed by atoms with Crippen LogP contribution < -0.4 is 10.6 Å². The minimum Gasteiger partial charge on any atom is -0.507 e. The number of thiophene rings is 1. The van der Waals surface area contributed by atoms with Gasteiger partial charge in [-0.15, -0.1) is 11.3 Å². The molecule has 2 aliphatic heterocycles. The number of nitrogens with one attached hydrogen (secondary N) is 2. The van der Waals surface area contributed by atoms with E-state index in [-0.39, 0.29) is 11.7 Å². The van der Waals surface area contributed by atoms with Gasteiger partial charge in [-0.3, -0.25) is 9.69 Å². The molecule has 0 fully saturated rings. The zero-order chi connectivity index (χ0) is 17.7. The molecule has 7 heteroatoms. The molecule has 0 saturated heterocycles. The Morgan fingerprint density at radius 1 is 1.40 bits per heavy atom. The van der Waals surface area contributed by atoms with Crippen molar-refractivity contribution >= 4 is 38.2 Å². The molecule has 0 radical (unpaired) electrons. The molecule has 1 atom stereocenters. The van der Waals surface area contributed by atoms with Crippen molar-refractivity contribution in [1.29, 1.82) is 0 Å². The quantitative estimate of drug-likeness (QED) is 0.690. The summed E-state index contributed by atoms with van der Waals surface area (Å²) in [6.07, 6.45) is 0.481. The highest BCUT2D eigenvalue weighted by molar-refractivity contribution is 9.10. The lowest BCUT2D eigenvalue weighted by Crippen LogP contribution is -2.39. The van der Waals surface area contributed by atoms with Crippen molar-refractivity contribution in [2.45, 2.75) is 33.0 Å². The third kappa shape index (κ3) is 2.84. The highest BCUT2D eigenvalue weighted by atomic mass is 79.9. The van der Waals surface area contributed by atoms with Gasteiger partial charge in [0.15, 0.2) is 0 Å². The predicted octanol–water partition coefficient (Wildman–Crippen LogP) is 3.76. The topological polar surface area (TPSA) is 64.6 Å². The first-order chi connectivity index (χ1) is 12.0. The molecule has 1 aromatic heterocycles. The number of hydrogen-bond acceptors (Lipinski definition) is 5. The fourth-order valence-electron chi connectivity index (χ4n) is 3.58. The Labute approximate surface area is 159 Å². The third-order valence-electron chi connectivity index (χ3n) is 4.97. The van der Waals surface area contributed by atoms with E-state index in [1.54, 1.807) is 11.3 Å². The molecule has 0 aliphatic carbocycles. The summed E-state index contributed by atoms with van der Waals surface area (Å²) in [5.74, 6) is 0.154. The molecule has 0 spiro atoms. The Balaban J connectivity index is 1.71. The summed E-state index contributed by atoms with van der Waals surface area (Å²) in [6, 6.07) is 3.70. The van der Waals surface area contributed by atoms with Crippen molar-refractivity contribution in [3.8, 4) is 5.75 Å². The van der Waals surface area contributed by atoms with Crippen molar-refractivity contribution in [2.75, 3.05) is 18.4 Å². The summed E-state index contributed by atoms with van der Waals surface area (Å²) in [7, 11) is 0. The first-order valence-electron chi connectivity index (χ1n) is 8.41. The maximum absolute atomic E-state index is 12.8. The predicted molar refractivity (Wildman–Crippen MR) is 103 cm³/mol. The van der Waals surface area contributed by atoms with E-state index in [9.17, 15) is 9.90 Å². The Hall–Kier alpha value is -1.57. The summed E-state index contributed by atoms with van der Waals surface area (Å²) in [5, 5.41) is 17.8. The Morgan fingerprint density at radius 2 is 2.20 bits per heavy atom. The fraction of sp³-hybridized carbons (Fsp3) is 0.389. The Morgan fingerprint density at radius 3 is 2.96 bits per heavy atom. The van der Waals surface area contributed by atoms with Crippen molar-refractivity contribution in [3.05, 3.63) is 43.7 Å². The molecule has 0 saturated carbocycles. The second-order valence-corrected chi connectivity index (χ2v) is 8.56. The van der Waals surface area contributed by atoms with Gasteiger partial charge in [0.1, 0.15) is 16.9 Å². The van der Waals surface area contributed by atoms with Gasteiger partial charge in [-0.2, -0.15) is 0 Å². The van der Waals surface area contributed by atoms with Crippen LogP contribution in [0.15, 0.2) is 16.6 Å². The van der Waals surface area contributed by atoms with Crippen LogP contribution in [0.25, 0.3) is 0 Å². The van der Waals surface area contributed by atoms with E-state index in [0.29, 0.717) is 5.56 Å². The molecular formula is C18H20BrN3O2S. The largest absolute Gasteiger partial charge is 0.507 e. The van der Waals surface area contributed by atoms with Gasteiger partial charge in [0, 0.05) is 28.0 Å². The van der Waals surface area contributed by atoms with Crippen LogP contribution in [0.3, 0.4) is 0 Å². The van der Waals surface area contributed by atoms with Crippen LogP contribution in [-0.2, 0) is 13.0 Å². The van der Waals surface area contributed by atoms with E-state index in [0.717, 1.165) is 46.7 Å². The van der Waals surface area contributed by atoms with Gasteiger partial charge in [0.05, 0.1) is 5.56 Å². The van der Waals surface area contributed by atoms with Crippen LogP contribution >= 0.6 is 27.3 Å². The maximum Gasteiger partial charge on any atom is 0.256 e. The molecular weight excluding hydrogens is 402 g/mol. The van der Waals surface area contributed by atoms with E-state index >= 15 is 0 Å². The monoisotopic (exact) mass is 421 g/mol. The number of rotatable bonds is 2. The molecule has 3 heterocycles. The number of phenols is 1. The van der Waals surface area contributed by atoms with Crippen molar-refractivity contribution in [2.24, 2.45) is 0 Å². The van der Waals surface area contributed by atoms with Gasteiger partial charge in [-0.25, -0.2) is 0 Å². The zero-order valence-electron chi connectivity index (χ0n) is 14.1. The van der Waals surface area contributed by atoms with Gasteiger partial charge in [-0.05, 0) is 43.1 Å². The summed E-state index contributed by atoms with van der Waals surface area (Å²) < 4.78 is 0.878. The summed E-state index contributed by atoms with van der Waals surface area (Å²) >= 11 is 5.13. The molecule has 0 bridgehead atoms. The summed E-state index contributed by atoms with van der Waals surface area (Å²) in [6.45, 7) is 6.94. The number of nitrogens with zero attached hydrogens (tertiary/aromatic N) is 1. The van der Waals surface area contributed by atoms with Gasteiger partial charge < -0.3 is 15.7 Å². The molecule has 0 unspecified atom stereocenters. The highest BCUT2D eigenvalue weighted by Crippen LogP contribution is 2.42. The fourth-order valence-corrected chi connectivity index (χ4v) is 5.48. The summed E-state index contributed by atoms with van der Waals surface area (Å²) in [5.41, 5.74) is 3.42. The normalized spacial score (nSPS) is 19.8. The van der Waals surface area contributed by atoms with Crippen LogP contribution in [0.2, 0.25) is 0 Å². The molecule has 1 amide bonds. The number of amides is 1. The minimum absolute atomic E-state index is 0.0572. The SMILES string of the molecule is CCN1CCc2c(sc3c2C(=O)N[C@H](c2cc(Br)cc(C)c2O)N3)C1. The summed E-state index contributed by atoms with van der Waals surface area (Å²) in [4.78, 5) is 16.4. The van der Waals surface area contributed by atoms with Crippen LogP contribution in [0, 0.1) is 6.92 Å². The van der Waals surface area contributed by atoms with Crippen molar-refractivity contribution < 1.29 is 9.90 Å². The van der Waals surface area contributed by atoms with Crippen molar-refractivity contribution in [1.82, 2.24) is 10.2 Å². The second-order valence-electron chi connectivity index (χ2n) is 6.54. The number of phenolic OH excluding ortho intramolecular Hbond substituents is 1. The number of aryl methyl sites for hydroxylation is 1. The van der Waals surface area contributed by atoms with Gasteiger partial charge >= 0.3 is 0 Å². The lowest BCUT2D eigenvalue weighted by molar-refractivity contribution is 0.0934. The van der Waals surface area contributed by atoms with E-state index in [2.05, 4.69) is 38.4 Å². The Kier molecular flexibility index (Phi) is 4.25. The smallest absolute Gasteiger partial charge is 0.256 e. The van der Waals surface area contributed by atoms with E-state index in [4.69, 9.17) is 0 Å². The molecule has 2 aromatic rings. The van der Waals surface area contributed by atoms with Crippen LogP contribution in [0.1, 0.15) is 45.0 Å². The minimum atomic E-state index is -0.432. The molecule has 25 heavy (non-hydrogen) atoms. The molecule has 4 rings (SSSR count). The average Bonchev–Trinajstić information content (AvgIpc) is 2.95. The number of aromatic hydroxyl groups is 1. The maximum atomic E-state index is 12.8. The number of anilines is 1. The first-order valence-corrected chi connectivity index (χ1v) is 10.0. The lowest BCUT2D eigenvalue weighted by Gasteiger charge is -2.28. The van der Waals surface area contributed by atoms with Gasteiger partial charge in [-0.1, -0.05) is 22.9 Å². The van der Waals surface area contributed by atoms with E-state index in [1.807, 2.05) is 19.1 Å². The zero-order valence-corrected chi connectivity index (χ0v) is 16.6. The number of halogens is 1. The number of carbonyl (C=O) groups is 1. The highest BCUT2D eigenvalue weighted by Gasteiger charge is 2.34. The van der Waals surface area contributed by atoms with Crippen LogP contribution in [0.5, 0.6) is 5.75 Å². The average molecular weight is 422 g/mol. The molecule has 2 aliphatic rings. The van der Waals surface area contributed by atoms with E-state index in [1.165, 1.54) is 10.4 Å². The number of hydrogen-bond donors (Lipinski definition) is 3. The first kappa shape index (κ1) is 16.9. The van der Waals surface area contributed by atoms with Crippen molar-refractivity contribution in [3.63, 3.8) is 0 Å². The lowest BCUT2D eigenvalue weighted by atomic mass is 9.99. The van der Waals surface area contributed by atoms with E-state index < -0.39 is 6.17 Å². The van der Waals surface area contributed by atoms with Crippen LogP contribution in [-0.4, -0.2) is 29.0 Å². The van der Waals surface area contributed by atoms with Gasteiger partial charge in [0.25, 0.3) is 5.91 Å². The third-order valence-corrected chi connectivity index (χ3v) is 6.57. The standard InChI is InChI=1S/C18H20BrN3O2S/c1-3-22-5-4-11-13(8-22)25-18-14(11)17(24)20-16(21-18)12-7-10(19)6-9(2)15(12)23/h6-7,16,21,23H,3-5,8H2,1-2H3,(H,20,24)/t16-/m0/s1. The number of likely N-dealkylation sites (N-methyl/N-ethyl adjacent to an activating group) is 1. The number of benzene rings is 1. The van der Waals surface area contributed by atoms with Gasteiger partial charge in [0.2, 0.25) is 0 Å². The molecule has 1 aromatic carbocycles.